The molecule has 1 aliphatic carbocycles. The van der Waals surface area contributed by atoms with Gasteiger partial charge < -0.3 is 5.32 Å². The Bertz CT molecular complexity index is 695. The lowest BCUT2D eigenvalue weighted by atomic mass is 10.1. The molecule has 1 N–H and O–H groups in total. The highest BCUT2D eigenvalue weighted by Gasteiger charge is 2.34. The van der Waals surface area contributed by atoms with E-state index in [-0.39, 0.29) is 23.6 Å². The first-order valence-corrected chi connectivity index (χ1v) is 9.55. The van der Waals surface area contributed by atoms with E-state index < -0.39 is 0 Å². The highest BCUT2D eigenvalue weighted by molar-refractivity contribution is 8.18. The van der Waals surface area contributed by atoms with Crippen LogP contribution in [-0.4, -0.2) is 35.0 Å². The lowest BCUT2D eigenvalue weighted by Gasteiger charge is -2.13. The van der Waals surface area contributed by atoms with Gasteiger partial charge in [0, 0.05) is 24.4 Å². The minimum atomic E-state index is -0.286. The van der Waals surface area contributed by atoms with Crippen molar-refractivity contribution in [3.8, 4) is 0 Å². The summed E-state index contributed by atoms with van der Waals surface area (Å²) < 4.78 is 0. The molecule has 1 aromatic rings. The summed E-state index contributed by atoms with van der Waals surface area (Å²) >= 11 is 2.47. The second-order valence-corrected chi connectivity index (χ2v) is 7.64. The fraction of sp³-hybridized carbons (Fsp3) is 0.353. The molecule has 1 aliphatic heterocycles. The quantitative estimate of drug-likeness (QED) is 0.623. The van der Waals surface area contributed by atoms with E-state index in [2.05, 4.69) is 17.5 Å². The molecule has 1 saturated heterocycles. The van der Waals surface area contributed by atoms with E-state index in [9.17, 15) is 14.4 Å². The number of hydrogen-bond donors (Lipinski definition) is 1. The number of amides is 3. The van der Waals surface area contributed by atoms with Gasteiger partial charge in [0.25, 0.3) is 11.1 Å². The average Bonchev–Trinajstić information content (AvgIpc) is 3.27. The first-order valence-electron chi connectivity index (χ1n) is 7.86. The van der Waals surface area contributed by atoms with Crippen molar-refractivity contribution >= 4 is 46.2 Å². The fourth-order valence-corrected chi connectivity index (χ4v) is 4.27. The Morgan fingerprint density at radius 1 is 1.42 bits per heavy atom. The molecule has 0 spiro atoms. The molecular weight excluding hydrogens is 344 g/mol. The van der Waals surface area contributed by atoms with Crippen molar-refractivity contribution in [1.82, 2.24) is 10.2 Å². The summed E-state index contributed by atoms with van der Waals surface area (Å²) in [6, 6.07) is 3.80. The molecule has 1 aromatic heterocycles. The molecule has 1 unspecified atom stereocenters. The average molecular weight is 362 g/mol. The van der Waals surface area contributed by atoms with Crippen molar-refractivity contribution in [1.29, 1.82) is 0 Å². The van der Waals surface area contributed by atoms with Crippen LogP contribution in [0.15, 0.2) is 34.6 Å². The molecular formula is C17H18N2O3S2. The highest BCUT2D eigenvalue weighted by atomic mass is 32.2. The zero-order valence-corrected chi connectivity index (χ0v) is 14.7. The van der Waals surface area contributed by atoms with Gasteiger partial charge in [0.1, 0.15) is 0 Å². The number of imide groups is 1. The lowest BCUT2D eigenvalue weighted by molar-refractivity contribution is -0.124. The molecule has 2 heterocycles. The van der Waals surface area contributed by atoms with Crippen LogP contribution < -0.4 is 5.32 Å². The van der Waals surface area contributed by atoms with Crippen LogP contribution in [-0.2, 0) is 9.59 Å². The zero-order valence-electron chi connectivity index (χ0n) is 13.1. The number of allylic oxidation sites excluding steroid dienone is 2. The van der Waals surface area contributed by atoms with E-state index in [0.717, 1.165) is 29.5 Å². The maximum Gasteiger partial charge on any atom is 0.293 e. The number of rotatable bonds is 6. The van der Waals surface area contributed by atoms with E-state index >= 15 is 0 Å². The maximum atomic E-state index is 12.3. The van der Waals surface area contributed by atoms with Crippen LogP contribution in [0.5, 0.6) is 0 Å². The van der Waals surface area contributed by atoms with Crippen molar-refractivity contribution in [2.45, 2.75) is 19.3 Å². The number of carbonyl (C=O) groups excluding carboxylic acids is 3. The molecule has 2 aliphatic rings. The van der Waals surface area contributed by atoms with Crippen LogP contribution >= 0.6 is 23.1 Å². The summed E-state index contributed by atoms with van der Waals surface area (Å²) in [6.07, 6.45) is 8.43. The third-order valence-corrected chi connectivity index (χ3v) is 5.63. The van der Waals surface area contributed by atoms with Gasteiger partial charge in [-0.15, -0.1) is 11.3 Å². The maximum absolute atomic E-state index is 12.3. The third kappa shape index (κ3) is 4.15. The van der Waals surface area contributed by atoms with Gasteiger partial charge in [-0.25, -0.2) is 0 Å². The lowest BCUT2D eigenvalue weighted by Crippen LogP contribution is -2.37. The van der Waals surface area contributed by atoms with Crippen molar-refractivity contribution in [3.05, 3.63) is 39.4 Å². The zero-order chi connectivity index (χ0) is 16.9. The van der Waals surface area contributed by atoms with Gasteiger partial charge in [0.2, 0.25) is 5.91 Å². The number of nitrogens with one attached hydrogen (secondary N) is 1. The summed E-state index contributed by atoms with van der Waals surface area (Å²) in [6.45, 7) is 0.498. The van der Waals surface area contributed by atoms with Gasteiger partial charge >= 0.3 is 0 Å². The van der Waals surface area contributed by atoms with E-state index in [1.165, 1.54) is 16.2 Å². The third-order valence-electron chi connectivity index (χ3n) is 3.91. The number of nitrogens with zero attached hydrogens (tertiary/aromatic N) is 1. The van der Waals surface area contributed by atoms with E-state index in [1.807, 2.05) is 17.5 Å². The Kier molecular flexibility index (Phi) is 5.52. The Morgan fingerprint density at radius 2 is 2.29 bits per heavy atom. The van der Waals surface area contributed by atoms with Gasteiger partial charge in [0.15, 0.2) is 0 Å². The molecule has 5 nitrogen and oxygen atoms in total. The smallest absolute Gasteiger partial charge is 0.293 e. The first kappa shape index (κ1) is 17.0. The van der Waals surface area contributed by atoms with Crippen molar-refractivity contribution in [3.63, 3.8) is 0 Å². The number of thiophene rings is 1. The summed E-state index contributed by atoms with van der Waals surface area (Å²) in [5.74, 6) is -0.00466. The summed E-state index contributed by atoms with van der Waals surface area (Å²) in [7, 11) is 0. The van der Waals surface area contributed by atoms with Crippen molar-refractivity contribution < 1.29 is 14.4 Å². The second-order valence-electron chi connectivity index (χ2n) is 5.67. The minimum Gasteiger partial charge on any atom is -0.354 e. The van der Waals surface area contributed by atoms with Crippen molar-refractivity contribution in [2.75, 3.05) is 13.1 Å². The Morgan fingerprint density at radius 3 is 3.00 bits per heavy atom. The van der Waals surface area contributed by atoms with Crippen LogP contribution in [0.2, 0.25) is 0 Å². The molecule has 3 rings (SSSR count). The predicted octanol–water partition coefficient (Wildman–Crippen LogP) is 3.26. The molecule has 0 saturated carbocycles. The molecule has 3 amide bonds. The molecule has 1 fully saturated rings. The standard InChI is InChI=1S/C17H18N2O3S2/c20-15(10-12-4-1-2-5-12)18-7-8-19-16(21)14(24-17(19)22)11-13-6-3-9-23-13/h1,3-4,6,9,11-12H,2,5,7-8,10H2,(H,18,20)/b14-11-. The van der Waals surface area contributed by atoms with Crippen LogP contribution in [0.3, 0.4) is 0 Å². The van der Waals surface area contributed by atoms with E-state index in [1.54, 1.807) is 6.08 Å². The molecule has 0 radical (unpaired) electrons. The van der Waals surface area contributed by atoms with Crippen LogP contribution in [0.1, 0.15) is 24.1 Å². The van der Waals surface area contributed by atoms with Crippen molar-refractivity contribution in [2.24, 2.45) is 5.92 Å². The second kappa shape index (κ2) is 7.81. The number of carbonyl (C=O) groups is 3. The monoisotopic (exact) mass is 362 g/mol. The molecule has 126 valence electrons. The molecule has 1 atom stereocenters. The van der Waals surface area contributed by atoms with Gasteiger partial charge in [-0.3, -0.25) is 19.3 Å². The van der Waals surface area contributed by atoms with Crippen LogP contribution in [0.4, 0.5) is 4.79 Å². The number of thioether (sulfide) groups is 1. The fourth-order valence-electron chi connectivity index (χ4n) is 2.68. The first-order chi connectivity index (χ1) is 11.6. The SMILES string of the molecule is O=C(CC1C=CCC1)NCCN1C(=O)S/C(=C\c2cccs2)C1=O. The molecule has 7 heteroatoms. The summed E-state index contributed by atoms with van der Waals surface area (Å²) in [5.41, 5.74) is 0. The van der Waals surface area contributed by atoms with Gasteiger partial charge in [-0.2, -0.15) is 0 Å². The highest BCUT2D eigenvalue weighted by Crippen LogP contribution is 2.32. The summed E-state index contributed by atoms with van der Waals surface area (Å²) in [5, 5.41) is 4.43. The van der Waals surface area contributed by atoms with E-state index in [4.69, 9.17) is 0 Å². The topological polar surface area (TPSA) is 66.5 Å². The van der Waals surface area contributed by atoms with Gasteiger partial charge in [-0.1, -0.05) is 18.2 Å². The van der Waals surface area contributed by atoms with Gasteiger partial charge in [0.05, 0.1) is 4.91 Å². The number of hydrogen-bond acceptors (Lipinski definition) is 5. The van der Waals surface area contributed by atoms with Gasteiger partial charge in [-0.05, 0) is 48.0 Å². The Hall–Kier alpha value is -1.86. The van der Waals surface area contributed by atoms with E-state index in [0.29, 0.717) is 23.8 Å². The molecule has 0 bridgehead atoms. The van der Waals surface area contributed by atoms with Crippen LogP contribution in [0.25, 0.3) is 6.08 Å². The summed E-state index contributed by atoms with van der Waals surface area (Å²) in [4.78, 5) is 38.7. The minimum absolute atomic E-state index is 0.0346. The van der Waals surface area contributed by atoms with Crippen LogP contribution in [0, 0.1) is 5.92 Å². The Balaban J connectivity index is 1.48. The largest absolute Gasteiger partial charge is 0.354 e. The predicted molar refractivity (Wildman–Crippen MR) is 96.5 cm³/mol. The molecule has 0 aromatic carbocycles. The Labute approximate surface area is 148 Å². The molecule has 24 heavy (non-hydrogen) atoms. The normalized spacial score (nSPS) is 21.9.